The lowest BCUT2D eigenvalue weighted by Crippen LogP contribution is -2.23. The topological polar surface area (TPSA) is 99.4 Å². The number of aliphatic hydroxyl groups is 1. The number of carbonyl (C=O) groups is 1. The summed E-state index contributed by atoms with van der Waals surface area (Å²) in [6.07, 6.45) is 1.98. The molecule has 1 aliphatic rings. The molecule has 3 rings (SSSR count). The fourth-order valence-electron chi connectivity index (χ4n) is 3.52. The molecule has 3 heterocycles. The third-order valence-electron chi connectivity index (χ3n) is 4.96. The largest absolute Gasteiger partial charge is 0.466 e. The first kappa shape index (κ1) is 19.4. The van der Waals surface area contributed by atoms with Crippen LogP contribution in [-0.4, -0.2) is 44.3 Å². The molecule has 1 fully saturated rings. The van der Waals surface area contributed by atoms with Crippen molar-refractivity contribution in [2.45, 2.75) is 45.8 Å². The van der Waals surface area contributed by atoms with Crippen molar-refractivity contribution in [2.75, 3.05) is 13.2 Å². The van der Waals surface area contributed by atoms with Gasteiger partial charge in [-0.1, -0.05) is 11.3 Å². The van der Waals surface area contributed by atoms with Gasteiger partial charge in [-0.2, -0.15) is 0 Å². The lowest BCUT2D eigenvalue weighted by Gasteiger charge is -2.30. The number of aryl methyl sites for hydroxylation is 2. The van der Waals surface area contributed by atoms with Gasteiger partial charge in [-0.05, 0) is 38.7 Å². The molecule has 2 aromatic rings. The van der Waals surface area contributed by atoms with E-state index in [0.717, 1.165) is 24.1 Å². The molecule has 27 heavy (non-hydrogen) atoms. The van der Waals surface area contributed by atoms with Gasteiger partial charge in [0.15, 0.2) is 0 Å². The summed E-state index contributed by atoms with van der Waals surface area (Å²) >= 11 is 0. The average Bonchev–Trinajstić information content (AvgIpc) is 3.02. The number of aromatic nitrogens is 4. The number of carbonyl (C=O) groups excluding carboxylic acids is 1. The van der Waals surface area contributed by atoms with Crippen LogP contribution >= 0.6 is 0 Å². The van der Waals surface area contributed by atoms with Gasteiger partial charge in [0.2, 0.25) is 0 Å². The van der Waals surface area contributed by atoms with E-state index in [4.69, 9.17) is 9.47 Å². The van der Waals surface area contributed by atoms with Crippen LogP contribution in [0, 0.1) is 12.8 Å². The number of hydrogen-bond acceptors (Lipinski definition) is 7. The van der Waals surface area contributed by atoms with Crippen molar-refractivity contribution in [1.82, 2.24) is 20.0 Å². The molecule has 1 aliphatic heterocycles. The maximum Gasteiger partial charge on any atom is 0.306 e. The average molecular weight is 374 g/mol. The van der Waals surface area contributed by atoms with E-state index in [-0.39, 0.29) is 24.6 Å². The minimum absolute atomic E-state index is 0.0844. The predicted molar refractivity (Wildman–Crippen MR) is 97.6 cm³/mol. The van der Waals surface area contributed by atoms with E-state index >= 15 is 0 Å². The summed E-state index contributed by atoms with van der Waals surface area (Å²) in [5.41, 5.74) is 3.75. The van der Waals surface area contributed by atoms with Gasteiger partial charge in [-0.3, -0.25) is 9.78 Å². The van der Waals surface area contributed by atoms with Crippen molar-refractivity contribution in [2.24, 2.45) is 13.0 Å². The molecule has 0 aliphatic carbocycles. The van der Waals surface area contributed by atoms with E-state index < -0.39 is 0 Å². The molecule has 0 spiro atoms. The van der Waals surface area contributed by atoms with Crippen LogP contribution < -0.4 is 0 Å². The molecule has 2 aromatic heterocycles. The number of aliphatic hydroxyl groups excluding tert-OH is 1. The summed E-state index contributed by atoms with van der Waals surface area (Å²) in [4.78, 5) is 16.4. The predicted octanol–water partition coefficient (Wildman–Crippen LogP) is 2.10. The first-order valence-corrected chi connectivity index (χ1v) is 9.28. The highest BCUT2D eigenvalue weighted by molar-refractivity contribution is 5.69. The molecule has 1 saturated heterocycles. The first-order valence-electron chi connectivity index (χ1n) is 9.28. The van der Waals surface area contributed by atoms with Gasteiger partial charge in [-0.15, -0.1) is 5.10 Å². The van der Waals surface area contributed by atoms with Crippen LogP contribution in [0.25, 0.3) is 11.4 Å². The van der Waals surface area contributed by atoms with Crippen LogP contribution in [0.2, 0.25) is 0 Å². The lowest BCUT2D eigenvalue weighted by molar-refractivity contribution is -0.145. The van der Waals surface area contributed by atoms with E-state index in [1.165, 1.54) is 0 Å². The first-order chi connectivity index (χ1) is 13.0. The summed E-state index contributed by atoms with van der Waals surface area (Å²) in [5, 5.41) is 17.6. The molecule has 8 nitrogen and oxygen atoms in total. The molecular formula is C19H26N4O4. The molecule has 0 bridgehead atoms. The van der Waals surface area contributed by atoms with E-state index in [2.05, 4.69) is 15.3 Å². The zero-order valence-electron chi connectivity index (χ0n) is 16.0. The molecule has 0 saturated carbocycles. The smallest absolute Gasteiger partial charge is 0.306 e. The summed E-state index contributed by atoms with van der Waals surface area (Å²) in [6.45, 7) is 4.64. The van der Waals surface area contributed by atoms with Crippen molar-refractivity contribution in [3.63, 3.8) is 0 Å². The third-order valence-corrected chi connectivity index (χ3v) is 4.96. The summed E-state index contributed by atoms with van der Waals surface area (Å²) in [5.74, 6) is 0.107. The number of ether oxygens (including phenoxy) is 2. The third kappa shape index (κ3) is 4.33. The van der Waals surface area contributed by atoms with Crippen LogP contribution in [0.4, 0.5) is 0 Å². The number of hydrogen-bond donors (Lipinski definition) is 1. The number of esters is 1. The fourth-order valence-corrected chi connectivity index (χ4v) is 3.52. The minimum atomic E-state index is -0.150. The zero-order valence-corrected chi connectivity index (χ0v) is 16.0. The highest BCUT2D eigenvalue weighted by Gasteiger charge is 2.27. The standard InChI is InChI=1S/C19H26N4O4/c1-4-26-18(25)10-13-7-8-27-17(9-13)14-5-6-15(20-12(14)2)19-16(11-24)23(3)22-21-19/h5-6,13,17,24H,4,7-11H2,1-3H3. The Morgan fingerprint density at radius 2 is 2.26 bits per heavy atom. The fraction of sp³-hybridized carbons (Fsp3) is 0.579. The van der Waals surface area contributed by atoms with Crippen LogP contribution in [0.15, 0.2) is 12.1 Å². The quantitative estimate of drug-likeness (QED) is 0.773. The Morgan fingerprint density at radius 3 is 2.96 bits per heavy atom. The number of pyridine rings is 1. The maximum atomic E-state index is 11.8. The summed E-state index contributed by atoms with van der Waals surface area (Å²) in [6, 6.07) is 3.87. The monoisotopic (exact) mass is 374 g/mol. The van der Waals surface area contributed by atoms with Gasteiger partial charge in [0, 0.05) is 31.3 Å². The summed E-state index contributed by atoms with van der Waals surface area (Å²) < 4.78 is 12.6. The van der Waals surface area contributed by atoms with E-state index in [1.54, 1.807) is 11.7 Å². The summed E-state index contributed by atoms with van der Waals surface area (Å²) in [7, 11) is 1.74. The Morgan fingerprint density at radius 1 is 1.44 bits per heavy atom. The number of nitrogens with zero attached hydrogens (tertiary/aromatic N) is 4. The zero-order chi connectivity index (χ0) is 19.4. The Bertz CT molecular complexity index is 805. The second-order valence-electron chi connectivity index (χ2n) is 6.80. The Balaban J connectivity index is 1.76. The van der Waals surface area contributed by atoms with Crippen LogP contribution in [0.5, 0.6) is 0 Å². The molecule has 0 radical (unpaired) electrons. The lowest BCUT2D eigenvalue weighted by atomic mass is 9.89. The van der Waals surface area contributed by atoms with Gasteiger partial charge in [-0.25, -0.2) is 4.68 Å². The Labute approximate surface area is 158 Å². The second kappa shape index (κ2) is 8.58. The van der Waals surface area contributed by atoms with E-state index in [9.17, 15) is 9.90 Å². The normalized spacial score (nSPS) is 19.9. The molecule has 2 atom stereocenters. The molecule has 1 N–H and O–H groups in total. The molecular weight excluding hydrogens is 348 g/mol. The van der Waals surface area contributed by atoms with Crippen LogP contribution in [0.3, 0.4) is 0 Å². The van der Waals surface area contributed by atoms with Crippen LogP contribution in [0.1, 0.15) is 49.2 Å². The van der Waals surface area contributed by atoms with E-state index in [1.807, 2.05) is 26.0 Å². The number of rotatable bonds is 6. The Hall–Kier alpha value is -2.32. The minimum Gasteiger partial charge on any atom is -0.466 e. The Kier molecular flexibility index (Phi) is 6.18. The van der Waals surface area contributed by atoms with Gasteiger partial charge >= 0.3 is 5.97 Å². The molecule has 0 aromatic carbocycles. The molecule has 0 amide bonds. The van der Waals surface area contributed by atoms with Gasteiger partial charge in [0.05, 0.1) is 30.7 Å². The van der Waals surface area contributed by atoms with Gasteiger partial charge in [0.1, 0.15) is 5.69 Å². The van der Waals surface area contributed by atoms with Crippen molar-refractivity contribution in [3.8, 4) is 11.4 Å². The molecule has 2 unspecified atom stereocenters. The SMILES string of the molecule is CCOC(=O)CC1CCOC(c2ccc(-c3nnn(C)c3CO)nc2C)C1. The van der Waals surface area contributed by atoms with E-state index in [0.29, 0.717) is 36.7 Å². The van der Waals surface area contributed by atoms with Crippen molar-refractivity contribution in [3.05, 3.63) is 29.1 Å². The van der Waals surface area contributed by atoms with Gasteiger partial charge in [0.25, 0.3) is 0 Å². The highest BCUT2D eigenvalue weighted by Crippen LogP contribution is 2.35. The second-order valence-corrected chi connectivity index (χ2v) is 6.80. The maximum absolute atomic E-state index is 11.8. The van der Waals surface area contributed by atoms with Crippen molar-refractivity contribution in [1.29, 1.82) is 0 Å². The van der Waals surface area contributed by atoms with Crippen LogP contribution in [-0.2, 0) is 27.9 Å². The van der Waals surface area contributed by atoms with Gasteiger partial charge < -0.3 is 14.6 Å². The van der Waals surface area contributed by atoms with Crippen molar-refractivity contribution < 1.29 is 19.4 Å². The molecule has 146 valence electrons. The molecule has 8 heteroatoms. The van der Waals surface area contributed by atoms with Crippen molar-refractivity contribution >= 4 is 5.97 Å². The highest BCUT2D eigenvalue weighted by atomic mass is 16.5.